The van der Waals surface area contributed by atoms with Gasteiger partial charge in [-0.25, -0.2) is 4.79 Å². The average molecular weight is 246 g/mol. The number of ether oxygens (including phenoxy) is 1. The summed E-state index contributed by atoms with van der Waals surface area (Å²) < 4.78 is 5.14. The lowest BCUT2D eigenvalue weighted by Gasteiger charge is -2.16. The van der Waals surface area contributed by atoms with Crippen LogP contribution in [0.15, 0.2) is 0 Å². The third-order valence-electron chi connectivity index (χ3n) is 2.30. The second-order valence-electron chi connectivity index (χ2n) is 3.86. The molecule has 3 N–H and O–H groups in total. The van der Waals surface area contributed by atoms with Gasteiger partial charge >= 0.3 is 12.0 Å². The standard InChI is InChI=1S/C11H22N2O4/c1-4-9(10(14)15)6-12-11(16)13-8(3)7-17-5-2/h8-9H,4-7H2,1-3H3,(H,14,15)(H2,12,13,16). The van der Waals surface area contributed by atoms with Crippen molar-refractivity contribution in [2.24, 2.45) is 5.92 Å². The number of rotatable bonds is 8. The van der Waals surface area contributed by atoms with E-state index in [2.05, 4.69) is 10.6 Å². The Morgan fingerprint density at radius 2 is 2.00 bits per heavy atom. The van der Waals surface area contributed by atoms with Gasteiger partial charge in [0.15, 0.2) is 0 Å². The molecule has 0 radical (unpaired) electrons. The summed E-state index contributed by atoms with van der Waals surface area (Å²) in [5.74, 6) is -1.43. The number of amides is 2. The molecule has 0 rings (SSSR count). The normalized spacial score (nSPS) is 13.8. The smallest absolute Gasteiger partial charge is 0.315 e. The highest BCUT2D eigenvalue weighted by Gasteiger charge is 2.16. The number of carboxylic acids is 1. The first-order chi connectivity index (χ1) is 8.01. The van der Waals surface area contributed by atoms with E-state index in [1.54, 1.807) is 6.92 Å². The van der Waals surface area contributed by atoms with Crippen molar-refractivity contribution in [2.45, 2.75) is 33.2 Å². The molecule has 6 nitrogen and oxygen atoms in total. The monoisotopic (exact) mass is 246 g/mol. The summed E-state index contributed by atoms with van der Waals surface area (Å²) in [7, 11) is 0. The van der Waals surface area contributed by atoms with E-state index in [1.807, 2.05) is 13.8 Å². The van der Waals surface area contributed by atoms with E-state index < -0.39 is 11.9 Å². The largest absolute Gasteiger partial charge is 0.481 e. The van der Waals surface area contributed by atoms with Crippen molar-refractivity contribution in [3.63, 3.8) is 0 Å². The van der Waals surface area contributed by atoms with Crippen molar-refractivity contribution in [1.82, 2.24) is 10.6 Å². The maximum absolute atomic E-state index is 11.4. The Morgan fingerprint density at radius 1 is 1.35 bits per heavy atom. The van der Waals surface area contributed by atoms with Gasteiger partial charge < -0.3 is 20.5 Å². The van der Waals surface area contributed by atoms with Crippen molar-refractivity contribution in [2.75, 3.05) is 19.8 Å². The van der Waals surface area contributed by atoms with Crippen molar-refractivity contribution in [1.29, 1.82) is 0 Å². The molecule has 0 saturated carbocycles. The van der Waals surface area contributed by atoms with Crippen LogP contribution in [0.4, 0.5) is 4.79 Å². The molecule has 17 heavy (non-hydrogen) atoms. The molecule has 0 aliphatic heterocycles. The number of hydrogen-bond acceptors (Lipinski definition) is 3. The van der Waals surface area contributed by atoms with Gasteiger partial charge in [0.25, 0.3) is 0 Å². The second kappa shape index (κ2) is 8.81. The maximum Gasteiger partial charge on any atom is 0.315 e. The van der Waals surface area contributed by atoms with E-state index in [9.17, 15) is 9.59 Å². The van der Waals surface area contributed by atoms with Gasteiger partial charge in [0.1, 0.15) is 0 Å². The molecule has 0 fully saturated rings. The van der Waals surface area contributed by atoms with Crippen LogP contribution in [0.5, 0.6) is 0 Å². The van der Waals surface area contributed by atoms with E-state index >= 15 is 0 Å². The van der Waals surface area contributed by atoms with Crippen molar-refractivity contribution >= 4 is 12.0 Å². The fourth-order valence-electron chi connectivity index (χ4n) is 1.23. The highest BCUT2D eigenvalue weighted by atomic mass is 16.5. The van der Waals surface area contributed by atoms with Gasteiger partial charge in [-0.15, -0.1) is 0 Å². The third kappa shape index (κ3) is 7.57. The molecule has 6 heteroatoms. The molecule has 2 amide bonds. The molecule has 100 valence electrons. The van der Waals surface area contributed by atoms with Crippen LogP contribution in [0.3, 0.4) is 0 Å². The van der Waals surface area contributed by atoms with Crippen molar-refractivity contribution < 1.29 is 19.4 Å². The molecule has 0 saturated heterocycles. The van der Waals surface area contributed by atoms with Gasteiger partial charge in [-0.3, -0.25) is 4.79 Å². The lowest BCUT2D eigenvalue weighted by Crippen LogP contribution is -2.44. The first-order valence-corrected chi connectivity index (χ1v) is 5.86. The Hall–Kier alpha value is -1.30. The SMILES string of the molecule is CCOCC(C)NC(=O)NCC(CC)C(=O)O. The van der Waals surface area contributed by atoms with Gasteiger partial charge in [-0.1, -0.05) is 6.92 Å². The van der Waals surface area contributed by atoms with Crippen LogP contribution in [0.25, 0.3) is 0 Å². The summed E-state index contributed by atoms with van der Waals surface area (Å²) in [5, 5.41) is 14.0. The van der Waals surface area contributed by atoms with Crippen LogP contribution in [0, 0.1) is 5.92 Å². The lowest BCUT2D eigenvalue weighted by molar-refractivity contribution is -0.141. The topological polar surface area (TPSA) is 87.7 Å². The van der Waals surface area contributed by atoms with E-state index in [1.165, 1.54) is 0 Å². The average Bonchev–Trinajstić information content (AvgIpc) is 2.26. The van der Waals surface area contributed by atoms with Gasteiger partial charge in [0.05, 0.1) is 18.6 Å². The number of aliphatic carboxylic acids is 1. The fraction of sp³-hybridized carbons (Fsp3) is 0.818. The van der Waals surface area contributed by atoms with E-state index in [0.29, 0.717) is 19.6 Å². The lowest BCUT2D eigenvalue weighted by atomic mass is 10.1. The molecule has 0 aromatic heterocycles. The van der Waals surface area contributed by atoms with Crippen LogP contribution >= 0.6 is 0 Å². The van der Waals surface area contributed by atoms with Crippen molar-refractivity contribution in [3.05, 3.63) is 0 Å². The number of nitrogens with one attached hydrogen (secondary N) is 2. The summed E-state index contributed by atoms with van der Waals surface area (Å²) in [6.07, 6.45) is 0.490. The van der Waals surface area contributed by atoms with Crippen LogP contribution in [-0.2, 0) is 9.53 Å². The first kappa shape index (κ1) is 15.7. The highest BCUT2D eigenvalue weighted by molar-refractivity contribution is 5.76. The predicted octanol–water partition coefficient (Wildman–Crippen LogP) is 0.821. The summed E-state index contributed by atoms with van der Waals surface area (Å²) in [5.41, 5.74) is 0. The molecular formula is C11H22N2O4. The van der Waals surface area contributed by atoms with Crippen LogP contribution in [0.2, 0.25) is 0 Å². The van der Waals surface area contributed by atoms with Crippen LogP contribution < -0.4 is 10.6 Å². The number of carbonyl (C=O) groups is 2. The van der Waals surface area contributed by atoms with Crippen molar-refractivity contribution in [3.8, 4) is 0 Å². The van der Waals surface area contributed by atoms with Gasteiger partial charge in [-0.05, 0) is 20.3 Å². The minimum atomic E-state index is -0.893. The Bertz CT molecular complexity index is 246. The molecular weight excluding hydrogens is 224 g/mol. The fourth-order valence-corrected chi connectivity index (χ4v) is 1.23. The molecule has 0 spiro atoms. The summed E-state index contributed by atoms with van der Waals surface area (Å²) in [6, 6.07) is -0.461. The van der Waals surface area contributed by atoms with Gasteiger partial charge in [-0.2, -0.15) is 0 Å². The van der Waals surface area contributed by atoms with Gasteiger partial charge in [0.2, 0.25) is 0 Å². The first-order valence-electron chi connectivity index (χ1n) is 5.86. The van der Waals surface area contributed by atoms with E-state index in [4.69, 9.17) is 9.84 Å². The number of hydrogen-bond donors (Lipinski definition) is 3. The van der Waals surface area contributed by atoms with Crippen LogP contribution in [-0.4, -0.2) is 42.9 Å². The zero-order chi connectivity index (χ0) is 13.3. The molecule has 0 aromatic rings. The second-order valence-corrected chi connectivity index (χ2v) is 3.86. The summed E-state index contributed by atoms with van der Waals surface area (Å²) in [4.78, 5) is 22.1. The maximum atomic E-state index is 11.4. The minimum absolute atomic E-state index is 0.0974. The van der Waals surface area contributed by atoms with E-state index in [-0.39, 0.29) is 18.6 Å². The molecule has 0 heterocycles. The zero-order valence-corrected chi connectivity index (χ0v) is 10.7. The summed E-state index contributed by atoms with van der Waals surface area (Å²) in [6.45, 7) is 6.66. The quantitative estimate of drug-likeness (QED) is 0.591. The molecule has 0 aliphatic carbocycles. The van der Waals surface area contributed by atoms with E-state index in [0.717, 1.165) is 0 Å². The molecule has 2 atom stereocenters. The summed E-state index contributed by atoms with van der Waals surface area (Å²) >= 11 is 0. The van der Waals surface area contributed by atoms with Gasteiger partial charge in [0, 0.05) is 13.2 Å². The number of carboxylic acid groups (broad SMARTS) is 1. The highest BCUT2D eigenvalue weighted by Crippen LogP contribution is 2.00. The molecule has 0 aromatic carbocycles. The Kier molecular flexibility index (Phi) is 8.13. The zero-order valence-electron chi connectivity index (χ0n) is 10.7. The molecule has 2 unspecified atom stereocenters. The third-order valence-corrected chi connectivity index (χ3v) is 2.30. The minimum Gasteiger partial charge on any atom is -0.481 e. The van der Waals surface area contributed by atoms with Crippen LogP contribution in [0.1, 0.15) is 27.2 Å². The molecule has 0 aliphatic rings. The Balaban J connectivity index is 3.82. The Labute approximate surface area is 102 Å². The Morgan fingerprint density at radius 3 is 2.47 bits per heavy atom. The molecule has 0 bridgehead atoms. The number of carbonyl (C=O) groups excluding carboxylic acids is 1. The number of urea groups is 1. The predicted molar refractivity (Wildman–Crippen MR) is 63.9 cm³/mol.